The highest BCUT2D eigenvalue weighted by atomic mass is 32.4. The van der Waals surface area contributed by atoms with Crippen LogP contribution in [0.1, 0.15) is 26.2 Å². The Morgan fingerprint density at radius 1 is 1.18 bits per heavy atom. The minimum absolute atomic E-state index is 1.07. The molecule has 1 rings (SSSR count). The molecule has 0 amide bonds. The molecular weight excluding hydrogens is 242 g/mol. The zero-order chi connectivity index (χ0) is 12.7. The first-order valence-electron chi connectivity index (χ1n) is 6.33. The lowest BCUT2D eigenvalue weighted by atomic mass is 10.3. The third-order valence-electron chi connectivity index (χ3n) is 2.19. The Hall–Kier alpha value is -0.543. The number of hydrogen-bond donors (Lipinski definition) is 0. The van der Waals surface area contributed by atoms with Gasteiger partial charge in [-0.2, -0.15) is 11.2 Å². The molecule has 0 radical (unpaired) electrons. The van der Waals surface area contributed by atoms with E-state index in [9.17, 15) is 0 Å². The summed E-state index contributed by atoms with van der Waals surface area (Å²) >= 11 is 2.03. The van der Waals surface area contributed by atoms with Gasteiger partial charge in [0.05, 0.1) is 5.69 Å². The van der Waals surface area contributed by atoms with Gasteiger partial charge in [0.15, 0.2) is 0 Å². The highest BCUT2D eigenvalue weighted by Gasteiger charge is 2.14. The number of benzene rings is 1. The molecule has 0 bridgehead atoms. The van der Waals surface area contributed by atoms with Crippen LogP contribution in [-0.2, 0) is 0 Å². The summed E-state index contributed by atoms with van der Waals surface area (Å²) in [6.45, 7) is 9.31. The van der Waals surface area contributed by atoms with Crippen LogP contribution in [0, 0.1) is 0 Å². The molecule has 0 saturated carbocycles. The van der Waals surface area contributed by atoms with Gasteiger partial charge in [0.1, 0.15) is 7.22 Å². The van der Waals surface area contributed by atoms with Crippen LogP contribution in [0.15, 0.2) is 34.2 Å². The average Bonchev–Trinajstić information content (AvgIpc) is 2.25. The summed E-state index contributed by atoms with van der Waals surface area (Å²) in [5.41, 5.74) is 1.07. The van der Waals surface area contributed by atoms with Gasteiger partial charge in [-0.15, -0.1) is 0 Å². The van der Waals surface area contributed by atoms with E-state index >= 15 is 0 Å². The zero-order valence-electron chi connectivity index (χ0n) is 11.4. The van der Waals surface area contributed by atoms with Crippen molar-refractivity contribution >= 4 is 30.3 Å². The second-order valence-corrected chi connectivity index (χ2v) is 14.3. The molecule has 0 atom stereocenters. The van der Waals surface area contributed by atoms with E-state index in [0.717, 1.165) is 12.1 Å². The standard InChI is InChI=1S/C14H23NSSi/c1-5-6-7-12-15-13-8-10-14(11-9-13)16-17(2,3)4/h8-12H,5-7H2,1-4H3. The maximum absolute atomic E-state index is 4.46. The Bertz CT molecular complexity index is 351. The number of unbranched alkanes of at least 4 members (excludes halogenated alkanes) is 2. The van der Waals surface area contributed by atoms with Gasteiger partial charge in [0, 0.05) is 11.1 Å². The van der Waals surface area contributed by atoms with E-state index in [-0.39, 0.29) is 0 Å². The Morgan fingerprint density at radius 3 is 2.35 bits per heavy atom. The topological polar surface area (TPSA) is 12.4 Å². The molecule has 0 heterocycles. The number of hydrogen-bond acceptors (Lipinski definition) is 2. The zero-order valence-corrected chi connectivity index (χ0v) is 13.2. The van der Waals surface area contributed by atoms with Crippen LogP contribution < -0.4 is 0 Å². The predicted octanol–water partition coefficient (Wildman–Crippen LogP) is 5.51. The van der Waals surface area contributed by atoms with Crippen molar-refractivity contribution in [3.05, 3.63) is 24.3 Å². The lowest BCUT2D eigenvalue weighted by Crippen LogP contribution is -2.13. The van der Waals surface area contributed by atoms with Gasteiger partial charge in [0.2, 0.25) is 0 Å². The van der Waals surface area contributed by atoms with Crippen LogP contribution >= 0.6 is 11.2 Å². The molecule has 0 aromatic heterocycles. The maximum atomic E-state index is 4.46. The summed E-state index contributed by atoms with van der Waals surface area (Å²) in [5, 5.41) is 0. The molecule has 0 aliphatic rings. The van der Waals surface area contributed by atoms with Crippen molar-refractivity contribution in [1.29, 1.82) is 0 Å². The highest BCUT2D eigenvalue weighted by Crippen LogP contribution is 2.29. The summed E-state index contributed by atoms with van der Waals surface area (Å²) < 4.78 is 0. The van der Waals surface area contributed by atoms with Crippen LogP contribution in [0.2, 0.25) is 19.6 Å². The van der Waals surface area contributed by atoms with Gasteiger partial charge in [-0.3, -0.25) is 4.99 Å². The minimum Gasteiger partial charge on any atom is -0.261 e. The third-order valence-corrected chi connectivity index (χ3v) is 5.85. The van der Waals surface area contributed by atoms with Crippen molar-refractivity contribution in [3.63, 3.8) is 0 Å². The lowest BCUT2D eigenvalue weighted by Gasteiger charge is -2.14. The largest absolute Gasteiger partial charge is 0.261 e. The fourth-order valence-electron chi connectivity index (χ4n) is 1.42. The van der Waals surface area contributed by atoms with E-state index < -0.39 is 7.22 Å². The van der Waals surface area contributed by atoms with Crippen LogP contribution in [0.5, 0.6) is 0 Å². The van der Waals surface area contributed by atoms with Crippen molar-refractivity contribution in [1.82, 2.24) is 0 Å². The van der Waals surface area contributed by atoms with E-state index in [1.165, 1.54) is 17.7 Å². The number of rotatable bonds is 6. The lowest BCUT2D eigenvalue weighted by molar-refractivity contribution is 0.842. The monoisotopic (exact) mass is 265 g/mol. The molecular formula is C14H23NSSi. The molecule has 0 aliphatic heterocycles. The molecule has 0 aliphatic carbocycles. The maximum Gasteiger partial charge on any atom is 0.114 e. The molecule has 0 fully saturated rings. The molecule has 94 valence electrons. The molecule has 0 N–H and O–H groups in total. The van der Waals surface area contributed by atoms with Crippen molar-refractivity contribution in [2.75, 3.05) is 0 Å². The Balaban J connectivity index is 2.53. The fraction of sp³-hybridized carbons (Fsp3) is 0.500. The second-order valence-electron chi connectivity index (χ2n) is 5.16. The first-order valence-corrected chi connectivity index (χ1v) is 11.4. The van der Waals surface area contributed by atoms with Gasteiger partial charge in [0.25, 0.3) is 0 Å². The van der Waals surface area contributed by atoms with Crippen LogP contribution in [-0.4, -0.2) is 13.4 Å². The normalized spacial score (nSPS) is 12.2. The van der Waals surface area contributed by atoms with E-state index in [1.807, 2.05) is 17.4 Å². The van der Waals surface area contributed by atoms with Gasteiger partial charge >= 0.3 is 0 Å². The van der Waals surface area contributed by atoms with Crippen LogP contribution in [0.4, 0.5) is 5.69 Å². The predicted molar refractivity (Wildman–Crippen MR) is 83.3 cm³/mol. The Morgan fingerprint density at radius 2 is 1.82 bits per heavy atom. The van der Waals surface area contributed by atoms with Crippen molar-refractivity contribution < 1.29 is 0 Å². The smallest absolute Gasteiger partial charge is 0.114 e. The summed E-state index contributed by atoms with van der Waals surface area (Å²) in [7, 11) is -1.07. The molecule has 0 saturated heterocycles. The second kappa shape index (κ2) is 7.02. The molecule has 1 aromatic carbocycles. The first kappa shape index (κ1) is 14.5. The van der Waals surface area contributed by atoms with Crippen molar-refractivity contribution in [3.8, 4) is 0 Å². The Labute approximate surface area is 110 Å². The first-order chi connectivity index (χ1) is 8.01. The summed E-state index contributed by atoms with van der Waals surface area (Å²) in [6.07, 6.45) is 5.58. The van der Waals surface area contributed by atoms with E-state index in [1.54, 1.807) is 0 Å². The summed E-state index contributed by atoms with van der Waals surface area (Å²) in [4.78, 5) is 5.83. The fourth-order valence-corrected chi connectivity index (χ4v) is 4.93. The number of nitrogens with zero attached hydrogens (tertiary/aromatic N) is 1. The van der Waals surface area contributed by atoms with Gasteiger partial charge < -0.3 is 0 Å². The Kier molecular flexibility index (Phi) is 5.99. The van der Waals surface area contributed by atoms with Crippen LogP contribution in [0.3, 0.4) is 0 Å². The average molecular weight is 265 g/mol. The highest BCUT2D eigenvalue weighted by molar-refractivity contribution is 8.28. The molecule has 17 heavy (non-hydrogen) atoms. The third kappa shape index (κ3) is 6.69. The number of aliphatic imine (C=N–C) groups is 1. The molecule has 0 unspecified atom stereocenters. The van der Waals surface area contributed by atoms with E-state index in [4.69, 9.17) is 0 Å². The van der Waals surface area contributed by atoms with Crippen molar-refractivity contribution in [2.24, 2.45) is 4.99 Å². The SMILES string of the molecule is CCCCC=Nc1ccc(S[Si](C)(C)C)cc1. The van der Waals surface area contributed by atoms with E-state index in [0.29, 0.717) is 0 Å². The summed E-state index contributed by atoms with van der Waals surface area (Å²) in [5.74, 6) is 0. The van der Waals surface area contributed by atoms with Gasteiger partial charge in [-0.1, -0.05) is 33.0 Å². The molecule has 1 nitrogen and oxygen atoms in total. The van der Waals surface area contributed by atoms with Gasteiger partial charge in [-0.05, 0) is 37.1 Å². The summed E-state index contributed by atoms with van der Waals surface area (Å²) in [6, 6.07) is 8.61. The van der Waals surface area contributed by atoms with Crippen molar-refractivity contribution in [2.45, 2.75) is 50.7 Å². The van der Waals surface area contributed by atoms with Crippen LogP contribution in [0.25, 0.3) is 0 Å². The van der Waals surface area contributed by atoms with Gasteiger partial charge in [-0.25, -0.2) is 0 Å². The molecule has 0 spiro atoms. The van der Waals surface area contributed by atoms with E-state index in [2.05, 4.69) is 55.8 Å². The molecule has 3 heteroatoms. The quantitative estimate of drug-likeness (QED) is 0.375. The molecule has 1 aromatic rings. The minimum atomic E-state index is -1.07.